The Hall–Kier alpha value is -2.63. The highest BCUT2D eigenvalue weighted by Crippen LogP contribution is 2.19. The summed E-state index contributed by atoms with van der Waals surface area (Å²) in [5.74, 6) is 1.45. The monoisotopic (exact) mass is 241 g/mol. The number of nitrogens with zero attached hydrogens (tertiary/aromatic N) is 3. The van der Waals surface area contributed by atoms with Gasteiger partial charge in [0.15, 0.2) is 5.65 Å². The topological polar surface area (TPSA) is 75.7 Å². The van der Waals surface area contributed by atoms with Crippen molar-refractivity contribution in [3.05, 3.63) is 36.8 Å². The summed E-state index contributed by atoms with van der Waals surface area (Å²) in [4.78, 5) is 15.4. The lowest BCUT2D eigenvalue weighted by atomic mass is 10.3. The van der Waals surface area contributed by atoms with Crippen LogP contribution in [0.4, 0.5) is 11.6 Å². The molecule has 2 heterocycles. The van der Waals surface area contributed by atoms with Crippen molar-refractivity contribution in [3.63, 3.8) is 0 Å². The second-order valence-electron chi connectivity index (χ2n) is 3.70. The highest BCUT2D eigenvalue weighted by molar-refractivity contribution is 5.73. The van der Waals surface area contributed by atoms with Crippen LogP contribution in [0, 0.1) is 0 Å². The summed E-state index contributed by atoms with van der Waals surface area (Å²) >= 11 is 0. The highest BCUT2D eigenvalue weighted by atomic mass is 16.5. The molecule has 0 radical (unpaired) electrons. The van der Waals surface area contributed by atoms with Crippen molar-refractivity contribution in [2.75, 3.05) is 12.4 Å². The third-order valence-electron chi connectivity index (χ3n) is 2.51. The lowest BCUT2D eigenvalue weighted by Crippen LogP contribution is -1.92. The zero-order chi connectivity index (χ0) is 12.4. The van der Waals surface area contributed by atoms with Gasteiger partial charge in [0.05, 0.1) is 13.3 Å². The van der Waals surface area contributed by atoms with E-state index >= 15 is 0 Å². The lowest BCUT2D eigenvalue weighted by molar-refractivity contribution is 0.415. The van der Waals surface area contributed by atoms with E-state index in [9.17, 15) is 0 Å². The van der Waals surface area contributed by atoms with E-state index < -0.39 is 0 Å². The van der Waals surface area contributed by atoms with Gasteiger partial charge < -0.3 is 15.0 Å². The summed E-state index contributed by atoms with van der Waals surface area (Å²) in [7, 11) is 1.64. The van der Waals surface area contributed by atoms with Crippen LogP contribution in [0.1, 0.15) is 0 Å². The SMILES string of the molecule is COc1ccc(Nc2nc3ncncc3[nH]2)cc1. The summed E-state index contributed by atoms with van der Waals surface area (Å²) in [6.45, 7) is 0. The molecule has 3 rings (SSSR count). The zero-order valence-corrected chi connectivity index (χ0v) is 9.71. The Morgan fingerprint density at radius 2 is 2.06 bits per heavy atom. The number of imidazole rings is 1. The molecule has 0 saturated heterocycles. The van der Waals surface area contributed by atoms with Crippen molar-refractivity contribution in [2.45, 2.75) is 0 Å². The quantitative estimate of drug-likeness (QED) is 0.734. The molecule has 0 aliphatic carbocycles. The first-order chi connectivity index (χ1) is 8.85. The molecule has 2 aromatic heterocycles. The number of ether oxygens (including phenoxy) is 1. The fourth-order valence-electron chi connectivity index (χ4n) is 1.63. The highest BCUT2D eigenvalue weighted by Gasteiger charge is 2.03. The maximum atomic E-state index is 5.10. The van der Waals surface area contributed by atoms with E-state index in [0.717, 1.165) is 17.0 Å². The molecule has 6 nitrogen and oxygen atoms in total. The molecule has 0 aliphatic rings. The van der Waals surface area contributed by atoms with Crippen molar-refractivity contribution in [1.29, 1.82) is 0 Å². The smallest absolute Gasteiger partial charge is 0.207 e. The minimum Gasteiger partial charge on any atom is -0.497 e. The molecule has 0 bridgehead atoms. The van der Waals surface area contributed by atoms with E-state index in [-0.39, 0.29) is 0 Å². The molecule has 0 unspecified atom stereocenters. The Labute approximate surface area is 103 Å². The van der Waals surface area contributed by atoms with Crippen LogP contribution in [-0.2, 0) is 0 Å². The number of H-pyrrole nitrogens is 1. The molecule has 0 atom stereocenters. The molecular weight excluding hydrogens is 230 g/mol. The van der Waals surface area contributed by atoms with Crippen molar-refractivity contribution in [2.24, 2.45) is 0 Å². The Bertz CT molecular complexity index is 629. The molecule has 18 heavy (non-hydrogen) atoms. The van der Waals surface area contributed by atoms with Crippen LogP contribution in [0.15, 0.2) is 36.8 Å². The fraction of sp³-hybridized carbons (Fsp3) is 0.0833. The zero-order valence-electron chi connectivity index (χ0n) is 9.71. The van der Waals surface area contributed by atoms with Gasteiger partial charge in [-0.2, -0.15) is 4.98 Å². The van der Waals surface area contributed by atoms with Crippen LogP contribution in [0.25, 0.3) is 11.2 Å². The first kappa shape index (κ1) is 10.5. The third kappa shape index (κ3) is 1.95. The number of aromatic nitrogens is 4. The van der Waals surface area contributed by atoms with Crippen molar-refractivity contribution < 1.29 is 4.74 Å². The summed E-state index contributed by atoms with van der Waals surface area (Å²) in [6, 6.07) is 7.59. The van der Waals surface area contributed by atoms with E-state index in [2.05, 4.69) is 25.3 Å². The summed E-state index contributed by atoms with van der Waals surface area (Å²) in [5.41, 5.74) is 2.36. The third-order valence-corrected chi connectivity index (χ3v) is 2.51. The van der Waals surface area contributed by atoms with Gasteiger partial charge in [0.2, 0.25) is 5.95 Å². The maximum Gasteiger partial charge on any atom is 0.207 e. The number of hydrogen-bond acceptors (Lipinski definition) is 5. The van der Waals surface area contributed by atoms with Crippen LogP contribution in [0.5, 0.6) is 5.75 Å². The Morgan fingerprint density at radius 1 is 1.22 bits per heavy atom. The van der Waals surface area contributed by atoms with Gasteiger partial charge in [0.1, 0.15) is 17.6 Å². The van der Waals surface area contributed by atoms with Crippen LogP contribution in [0.3, 0.4) is 0 Å². The van der Waals surface area contributed by atoms with E-state index in [1.165, 1.54) is 6.33 Å². The van der Waals surface area contributed by atoms with Crippen molar-refractivity contribution >= 4 is 22.8 Å². The minimum absolute atomic E-state index is 0.635. The molecule has 1 aromatic carbocycles. The average Bonchev–Trinajstić information content (AvgIpc) is 2.82. The van der Waals surface area contributed by atoms with E-state index in [1.807, 2.05) is 24.3 Å². The van der Waals surface area contributed by atoms with Crippen LogP contribution in [-0.4, -0.2) is 27.0 Å². The van der Waals surface area contributed by atoms with Gasteiger partial charge in [-0.25, -0.2) is 9.97 Å². The Morgan fingerprint density at radius 3 is 2.78 bits per heavy atom. The predicted octanol–water partition coefficient (Wildman–Crippen LogP) is 2.11. The van der Waals surface area contributed by atoms with Gasteiger partial charge in [0, 0.05) is 5.69 Å². The van der Waals surface area contributed by atoms with Gasteiger partial charge in [-0.15, -0.1) is 0 Å². The molecule has 0 aliphatic heterocycles. The summed E-state index contributed by atoms with van der Waals surface area (Å²) in [5, 5.41) is 3.15. The van der Waals surface area contributed by atoms with Crippen LogP contribution < -0.4 is 10.1 Å². The molecular formula is C12H11N5O. The van der Waals surface area contributed by atoms with Gasteiger partial charge in [0.25, 0.3) is 0 Å². The Balaban J connectivity index is 1.86. The van der Waals surface area contributed by atoms with Gasteiger partial charge in [-0.3, -0.25) is 0 Å². The predicted molar refractivity (Wildman–Crippen MR) is 68.0 cm³/mol. The first-order valence-electron chi connectivity index (χ1n) is 5.42. The van der Waals surface area contributed by atoms with Gasteiger partial charge >= 0.3 is 0 Å². The first-order valence-corrected chi connectivity index (χ1v) is 5.42. The number of hydrogen-bond donors (Lipinski definition) is 2. The van der Waals surface area contributed by atoms with E-state index in [1.54, 1.807) is 13.3 Å². The van der Waals surface area contributed by atoms with Gasteiger partial charge in [-0.1, -0.05) is 0 Å². The molecule has 0 fully saturated rings. The number of methoxy groups -OCH3 is 1. The molecule has 6 heteroatoms. The summed E-state index contributed by atoms with van der Waals surface area (Å²) in [6.07, 6.45) is 3.16. The molecule has 0 amide bonds. The fourth-order valence-corrected chi connectivity index (χ4v) is 1.63. The second kappa shape index (κ2) is 4.33. The van der Waals surface area contributed by atoms with Crippen LogP contribution >= 0.6 is 0 Å². The molecule has 2 N–H and O–H groups in total. The number of benzene rings is 1. The molecule has 0 saturated carbocycles. The molecule has 0 spiro atoms. The standard InChI is InChI=1S/C12H11N5O/c1-18-9-4-2-8(3-5-9)15-12-16-10-6-13-7-14-11(10)17-12/h2-7H,1H3,(H2,13,14,15,16,17). The number of rotatable bonds is 3. The second-order valence-corrected chi connectivity index (χ2v) is 3.70. The lowest BCUT2D eigenvalue weighted by Gasteiger charge is -2.03. The maximum absolute atomic E-state index is 5.10. The number of aromatic amines is 1. The molecule has 90 valence electrons. The van der Waals surface area contributed by atoms with Gasteiger partial charge in [-0.05, 0) is 24.3 Å². The Kier molecular flexibility index (Phi) is 2.53. The van der Waals surface area contributed by atoms with E-state index in [0.29, 0.717) is 11.6 Å². The van der Waals surface area contributed by atoms with Crippen molar-refractivity contribution in [3.8, 4) is 5.75 Å². The normalized spacial score (nSPS) is 10.5. The van der Waals surface area contributed by atoms with E-state index in [4.69, 9.17) is 4.74 Å². The molecule has 3 aromatic rings. The van der Waals surface area contributed by atoms with Crippen LogP contribution in [0.2, 0.25) is 0 Å². The minimum atomic E-state index is 0.635. The summed E-state index contributed by atoms with van der Waals surface area (Å²) < 4.78 is 5.10. The average molecular weight is 241 g/mol. The number of fused-ring (bicyclic) bond motifs is 1. The number of anilines is 2. The van der Waals surface area contributed by atoms with Crippen molar-refractivity contribution in [1.82, 2.24) is 19.9 Å². The number of nitrogens with one attached hydrogen (secondary N) is 2. The largest absolute Gasteiger partial charge is 0.497 e.